The number of hydrogen-bond acceptors (Lipinski definition) is 5. The Morgan fingerprint density at radius 3 is 2.91 bits per heavy atom. The molecule has 0 spiro atoms. The summed E-state index contributed by atoms with van der Waals surface area (Å²) in [4.78, 5) is 16.4. The minimum Gasteiger partial charge on any atom is -0.462 e. The maximum Gasteiger partial charge on any atom is 0.343 e. The molecule has 3 rings (SSSR count). The number of rotatable bonds is 4. The van der Waals surface area contributed by atoms with Gasteiger partial charge < -0.3 is 10.1 Å². The summed E-state index contributed by atoms with van der Waals surface area (Å²) in [5.41, 5.74) is 1.43. The van der Waals surface area contributed by atoms with Crippen molar-refractivity contribution in [3.05, 3.63) is 52.3 Å². The van der Waals surface area contributed by atoms with Crippen LogP contribution in [0.25, 0.3) is 5.65 Å². The third kappa shape index (κ3) is 3.09. The van der Waals surface area contributed by atoms with Crippen LogP contribution < -0.4 is 5.32 Å². The molecule has 0 amide bonds. The summed E-state index contributed by atoms with van der Waals surface area (Å²) >= 11 is 12.1. The molecule has 0 unspecified atom stereocenters. The van der Waals surface area contributed by atoms with Crippen molar-refractivity contribution in [1.29, 1.82) is 0 Å². The molecule has 8 heteroatoms. The Bertz CT molecular complexity index is 879. The van der Waals surface area contributed by atoms with Gasteiger partial charge in [-0.25, -0.2) is 9.78 Å². The van der Waals surface area contributed by atoms with Gasteiger partial charge in [-0.2, -0.15) is 9.61 Å². The van der Waals surface area contributed by atoms with Gasteiger partial charge in [-0.3, -0.25) is 0 Å². The van der Waals surface area contributed by atoms with Crippen LogP contribution in [0, 0.1) is 0 Å². The van der Waals surface area contributed by atoms with Crippen LogP contribution in [0.4, 0.5) is 11.5 Å². The molecule has 1 N–H and O–H groups in total. The van der Waals surface area contributed by atoms with Crippen molar-refractivity contribution in [2.45, 2.75) is 6.92 Å². The number of carbonyl (C=O) groups is 1. The molecule has 0 radical (unpaired) electrons. The number of benzene rings is 1. The van der Waals surface area contributed by atoms with Crippen LogP contribution in [0.15, 0.2) is 36.7 Å². The van der Waals surface area contributed by atoms with E-state index in [2.05, 4.69) is 15.4 Å². The molecule has 0 atom stereocenters. The lowest BCUT2D eigenvalue weighted by Gasteiger charge is -2.13. The Morgan fingerprint density at radius 1 is 1.35 bits per heavy atom. The van der Waals surface area contributed by atoms with Crippen molar-refractivity contribution < 1.29 is 9.53 Å². The number of anilines is 2. The zero-order chi connectivity index (χ0) is 16.4. The molecular formula is C15H12Cl2N4O2. The number of nitrogens with zero attached hydrogens (tertiary/aromatic N) is 3. The molecular weight excluding hydrogens is 339 g/mol. The average Bonchev–Trinajstić information content (AvgIpc) is 2.99. The smallest absolute Gasteiger partial charge is 0.343 e. The van der Waals surface area contributed by atoms with Crippen LogP contribution >= 0.6 is 23.2 Å². The average molecular weight is 351 g/mol. The van der Waals surface area contributed by atoms with Crippen LogP contribution in [-0.2, 0) is 4.74 Å². The van der Waals surface area contributed by atoms with Crippen LogP contribution in [0.5, 0.6) is 0 Å². The van der Waals surface area contributed by atoms with Gasteiger partial charge in [0.25, 0.3) is 0 Å². The lowest BCUT2D eigenvalue weighted by atomic mass is 10.2. The van der Waals surface area contributed by atoms with Crippen LogP contribution in [0.1, 0.15) is 17.3 Å². The van der Waals surface area contributed by atoms with Crippen molar-refractivity contribution >= 4 is 46.3 Å². The number of carbonyl (C=O) groups excluding carboxylic acids is 1. The molecule has 118 valence electrons. The van der Waals surface area contributed by atoms with E-state index in [-0.39, 0.29) is 12.2 Å². The molecule has 0 aliphatic carbocycles. The molecule has 0 saturated carbocycles. The minimum atomic E-state index is -0.495. The Labute approximate surface area is 142 Å². The first-order valence-electron chi connectivity index (χ1n) is 6.82. The monoisotopic (exact) mass is 350 g/mol. The number of fused-ring (bicyclic) bond motifs is 1. The molecule has 3 aromatic rings. The van der Waals surface area contributed by atoms with E-state index in [0.29, 0.717) is 27.2 Å². The Kier molecular flexibility index (Phi) is 4.36. The predicted molar refractivity (Wildman–Crippen MR) is 88.7 cm³/mol. The topological polar surface area (TPSA) is 68.5 Å². The van der Waals surface area contributed by atoms with E-state index in [0.717, 1.165) is 0 Å². The molecule has 0 aliphatic heterocycles. The third-order valence-corrected chi connectivity index (χ3v) is 3.64. The highest BCUT2D eigenvalue weighted by atomic mass is 35.5. The number of nitrogens with one attached hydrogen (secondary N) is 1. The highest BCUT2D eigenvalue weighted by Gasteiger charge is 2.18. The van der Waals surface area contributed by atoms with Crippen molar-refractivity contribution in [3.63, 3.8) is 0 Å². The molecule has 2 aromatic heterocycles. The summed E-state index contributed by atoms with van der Waals surface area (Å²) in [5, 5.41) is 8.22. The van der Waals surface area contributed by atoms with Crippen LogP contribution in [-0.4, -0.2) is 27.2 Å². The normalized spacial score (nSPS) is 10.7. The Morgan fingerprint density at radius 2 is 2.17 bits per heavy atom. The third-order valence-electron chi connectivity index (χ3n) is 3.10. The van der Waals surface area contributed by atoms with E-state index in [9.17, 15) is 4.79 Å². The summed E-state index contributed by atoms with van der Waals surface area (Å²) in [5.74, 6) is -0.0762. The summed E-state index contributed by atoms with van der Waals surface area (Å²) in [6, 6.07) is 6.75. The fourth-order valence-electron chi connectivity index (χ4n) is 2.07. The van der Waals surface area contributed by atoms with E-state index in [1.54, 1.807) is 37.4 Å². The Hall–Kier alpha value is -2.31. The van der Waals surface area contributed by atoms with E-state index >= 15 is 0 Å². The molecule has 2 heterocycles. The largest absolute Gasteiger partial charge is 0.462 e. The predicted octanol–water partition coefficient (Wildman–Crippen LogP) is 3.96. The first kappa shape index (κ1) is 15.6. The van der Waals surface area contributed by atoms with E-state index < -0.39 is 5.97 Å². The number of hydrogen-bond donors (Lipinski definition) is 1. The zero-order valence-electron chi connectivity index (χ0n) is 12.1. The van der Waals surface area contributed by atoms with Gasteiger partial charge in [0.1, 0.15) is 5.56 Å². The highest BCUT2D eigenvalue weighted by Crippen LogP contribution is 2.29. The molecule has 0 fully saturated rings. The van der Waals surface area contributed by atoms with E-state index in [4.69, 9.17) is 27.9 Å². The fraction of sp³-hybridized carbons (Fsp3) is 0.133. The second kappa shape index (κ2) is 6.44. The zero-order valence-corrected chi connectivity index (χ0v) is 13.6. The summed E-state index contributed by atoms with van der Waals surface area (Å²) in [7, 11) is 0. The molecule has 0 aliphatic rings. The quantitative estimate of drug-likeness (QED) is 0.721. The Balaban J connectivity index is 2.11. The fourth-order valence-corrected chi connectivity index (χ4v) is 2.53. The first-order chi connectivity index (χ1) is 11.1. The van der Waals surface area contributed by atoms with Crippen molar-refractivity contribution in [2.24, 2.45) is 0 Å². The summed E-state index contributed by atoms with van der Waals surface area (Å²) in [6.45, 7) is 2.00. The van der Waals surface area contributed by atoms with Gasteiger partial charge in [0, 0.05) is 17.3 Å². The standard InChI is InChI=1S/C15H12Cl2N4O2/c1-2-23-15(22)10-8-18-13-5-6-19-21(13)14(10)20-12-4-3-9(16)7-11(12)17/h3-8,20H,2H2,1H3. The van der Waals surface area contributed by atoms with Gasteiger partial charge in [-0.1, -0.05) is 23.2 Å². The van der Waals surface area contributed by atoms with Crippen LogP contribution in [0.2, 0.25) is 10.0 Å². The van der Waals surface area contributed by atoms with Crippen LogP contribution in [0.3, 0.4) is 0 Å². The SMILES string of the molecule is CCOC(=O)c1cnc2ccnn2c1Nc1ccc(Cl)cc1Cl. The molecule has 0 saturated heterocycles. The summed E-state index contributed by atoms with van der Waals surface area (Å²) < 4.78 is 6.58. The number of esters is 1. The number of halogens is 2. The lowest BCUT2D eigenvalue weighted by Crippen LogP contribution is -2.12. The molecule has 1 aromatic carbocycles. The summed E-state index contributed by atoms with van der Waals surface area (Å²) in [6.07, 6.45) is 3.03. The van der Waals surface area contributed by atoms with Gasteiger partial charge in [0.05, 0.1) is 23.5 Å². The highest BCUT2D eigenvalue weighted by molar-refractivity contribution is 6.36. The van der Waals surface area contributed by atoms with Gasteiger partial charge >= 0.3 is 5.97 Å². The second-order valence-electron chi connectivity index (χ2n) is 4.59. The lowest BCUT2D eigenvalue weighted by molar-refractivity contribution is 0.0526. The van der Waals surface area contributed by atoms with Gasteiger partial charge in [-0.15, -0.1) is 0 Å². The van der Waals surface area contributed by atoms with E-state index in [1.165, 1.54) is 10.7 Å². The van der Waals surface area contributed by atoms with Crippen molar-refractivity contribution in [3.8, 4) is 0 Å². The first-order valence-corrected chi connectivity index (χ1v) is 7.57. The maximum absolute atomic E-state index is 12.2. The maximum atomic E-state index is 12.2. The molecule has 6 nitrogen and oxygen atoms in total. The van der Waals surface area contributed by atoms with E-state index in [1.807, 2.05) is 0 Å². The molecule has 23 heavy (non-hydrogen) atoms. The second-order valence-corrected chi connectivity index (χ2v) is 5.43. The number of ether oxygens (including phenoxy) is 1. The minimum absolute atomic E-state index is 0.258. The van der Waals surface area contributed by atoms with Gasteiger partial charge in [-0.05, 0) is 25.1 Å². The number of aromatic nitrogens is 3. The van der Waals surface area contributed by atoms with Gasteiger partial charge in [0.2, 0.25) is 0 Å². The van der Waals surface area contributed by atoms with Crippen molar-refractivity contribution in [2.75, 3.05) is 11.9 Å². The molecule has 0 bridgehead atoms. The van der Waals surface area contributed by atoms with Gasteiger partial charge in [0.15, 0.2) is 11.5 Å². The van der Waals surface area contributed by atoms with Crippen molar-refractivity contribution in [1.82, 2.24) is 14.6 Å².